The quantitative estimate of drug-likeness (QED) is 0.393. The lowest BCUT2D eigenvalue weighted by molar-refractivity contribution is -0.157. The number of aromatic hydroxyl groups is 1. The van der Waals surface area contributed by atoms with Gasteiger partial charge in [-0.1, -0.05) is 18.6 Å². The molecule has 1 saturated heterocycles. The Morgan fingerprint density at radius 3 is 2.42 bits per heavy atom. The summed E-state index contributed by atoms with van der Waals surface area (Å²) in [5.74, 6) is -2.08. The van der Waals surface area contributed by atoms with E-state index in [1.165, 1.54) is 22.0 Å². The second-order valence-electron chi connectivity index (χ2n) is 12.9. The van der Waals surface area contributed by atoms with Gasteiger partial charge in [0.05, 0.1) is 5.54 Å². The Labute approximate surface area is 251 Å². The van der Waals surface area contributed by atoms with Crippen molar-refractivity contribution in [3.8, 4) is 5.75 Å². The van der Waals surface area contributed by atoms with Gasteiger partial charge >= 0.3 is 0 Å². The van der Waals surface area contributed by atoms with Crippen molar-refractivity contribution in [3.63, 3.8) is 0 Å². The Bertz CT molecular complexity index is 1440. The van der Waals surface area contributed by atoms with Gasteiger partial charge in [-0.25, -0.2) is 9.37 Å². The number of nitrogens with zero attached hydrogens (tertiary/aromatic N) is 5. The summed E-state index contributed by atoms with van der Waals surface area (Å²) in [6.45, 7) is 4.79. The number of likely N-dealkylation sites (tertiary alicyclic amines) is 1. The molecule has 234 valence electrons. The summed E-state index contributed by atoms with van der Waals surface area (Å²) in [5, 5.41) is 24.9. The van der Waals surface area contributed by atoms with Gasteiger partial charge in [0.1, 0.15) is 11.6 Å². The maximum absolute atomic E-state index is 13.9. The van der Waals surface area contributed by atoms with Crippen LogP contribution in [-0.4, -0.2) is 93.3 Å². The number of halogens is 1. The Morgan fingerprint density at radius 1 is 1.12 bits per heavy atom. The third kappa shape index (κ3) is 5.80. The highest BCUT2D eigenvalue weighted by Crippen LogP contribution is 2.52. The maximum atomic E-state index is 13.9. The summed E-state index contributed by atoms with van der Waals surface area (Å²) in [6.07, 6.45) is 4.47. The molecule has 1 aliphatic carbocycles. The third-order valence-electron chi connectivity index (χ3n) is 9.79. The second kappa shape index (κ2) is 12.0. The highest BCUT2D eigenvalue weighted by Gasteiger charge is 2.54. The zero-order chi connectivity index (χ0) is 31.1. The summed E-state index contributed by atoms with van der Waals surface area (Å²) in [5.41, 5.74) is -1.33. The van der Waals surface area contributed by atoms with Crippen molar-refractivity contribution < 1.29 is 24.2 Å². The first-order valence-corrected chi connectivity index (χ1v) is 15.1. The average molecular weight is 599 g/mol. The maximum Gasteiger partial charge on any atom is 0.296 e. The second-order valence-corrected chi connectivity index (χ2v) is 12.9. The number of aliphatic hydroxyl groups excluding tert-OH is 1. The van der Waals surface area contributed by atoms with Crippen LogP contribution in [0.1, 0.15) is 72.4 Å². The number of carbonyl (C=O) groups excluding carboxylic acids is 2. The first-order valence-electron chi connectivity index (χ1n) is 15.1. The van der Waals surface area contributed by atoms with E-state index >= 15 is 0 Å². The van der Waals surface area contributed by atoms with Crippen LogP contribution < -0.4 is 10.9 Å². The molecule has 1 atom stereocenters. The van der Waals surface area contributed by atoms with Crippen molar-refractivity contribution in [1.29, 1.82) is 0 Å². The van der Waals surface area contributed by atoms with Gasteiger partial charge in [0.15, 0.2) is 11.9 Å². The molecule has 2 bridgehead atoms. The fourth-order valence-corrected chi connectivity index (χ4v) is 7.14. The SMILES string of the molecule is Cc1cc(CNC(=O)c2nc3n(c(=O)c2O)CC2(CN4CCCCC4)CCC3(N(C)C(O)C(=O)N(C)C)CC2)ccc1F. The van der Waals surface area contributed by atoms with Crippen LogP contribution in [0, 0.1) is 18.2 Å². The van der Waals surface area contributed by atoms with E-state index in [0.717, 1.165) is 45.3 Å². The van der Waals surface area contributed by atoms with Gasteiger partial charge in [-0.05, 0) is 82.8 Å². The minimum absolute atomic E-state index is 0.0412. The zero-order valence-electron chi connectivity index (χ0n) is 25.5. The number of nitrogens with one attached hydrogen (secondary N) is 1. The zero-order valence-corrected chi connectivity index (χ0v) is 25.5. The Hall–Kier alpha value is -3.35. The lowest BCUT2D eigenvalue weighted by Gasteiger charge is -2.49. The lowest BCUT2D eigenvalue weighted by Crippen LogP contribution is -2.57. The molecule has 4 heterocycles. The van der Waals surface area contributed by atoms with Crippen molar-refractivity contribution in [1.82, 2.24) is 29.6 Å². The van der Waals surface area contributed by atoms with Gasteiger partial charge in [0, 0.05) is 39.1 Å². The van der Waals surface area contributed by atoms with Crippen LogP contribution >= 0.6 is 0 Å². The van der Waals surface area contributed by atoms with E-state index in [9.17, 15) is 29.0 Å². The minimum Gasteiger partial charge on any atom is -0.501 e. The summed E-state index contributed by atoms with van der Waals surface area (Å²) >= 11 is 0. The highest BCUT2D eigenvalue weighted by molar-refractivity contribution is 5.94. The standard InChI is InChI=1S/C31H43FN6O5/c1-20-16-21(8-9-22(20)32)17-33-25(40)23-24(39)26(41)38-19-30(18-37-14-6-5-7-15-37)10-12-31(13-11-30,29(38)34-23)36(4)28(43)27(42)35(2)3/h8-9,16,28,39,43H,5-7,10-15,17-19H2,1-4H3,(H,33,40). The Morgan fingerprint density at radius 2 is 1.79 bits per heavy atom. The van der Waals surface area contributed by atoms with E-state index in [4.69, 9.17) is 0 Å². The molecule has 1 aromatic carbocycles. The average Bonchev–Trinajstić information content (AvgIpc) is 3.22. The number of carbonyl (C=O) groups is 2. The van der Waals surface area contributed by atoms with Gasteiger partial charge in [-0.15, -0.1) is 0 Å². The number of benzene rings is 1. The van der Waals surface area contributed by atoms with E-state index in [0.29, 0.717) is 30.5 Å². The van der Waals surface area contributed by atoms with Crippen molar-refractivity contribution >= 4 is 11.8 Å². The molecule has 1 aromatic heterocycles. The molecule has 4 aliphatic rings. The number of rotatable bonds is 8. The molecule has 2 aromatic rings. The smallest absolute Gasteiger partial charge is 0.296 e. The molecule has 3 aliphatic heterocycles. The fraction of sp³-hybridized carbons (Fsp3) is 0.613. The predicted molar refractivity (Wildman–Crippen MR) is 158 cm³/mol. The van der Waals surface area contributed by atoms with Crippen molar-refractivity contribution in [3.05, 3.63) is 57.0 Å². The molecule has 3 N–H and O–H groups in total. The monoisotopic (exact) mass is 598 g/mol. The molecule has 0 spiro atoms. The first-order chi connectivity index (χ1) is 20.4. The number of fused-ring (bicyclic) bond motifs is 2. The molecule has 43 heavy (non-hydrogen) atoms. The van der Waals surface area contributed by atoms with Gasteiger partial charge in [-0.3, -0.25) is 23.9 Å². The molecule has 2 amide bonds. The summed E-state index contributed by atoms with van der Waals surface area (Å²) in [6, 6.07) is 4.48. The number of aryl methyl sites for hydroxylation is 1. The van der Waals surface area contributed by atoms with E-state index < -0.39 is 40.6 Å². The van der Waals surface area contributed by atoms with Gasteiger partial charge in [0.25, 0.3) is 17.4 Å². The number of hydrogen-bond acceptors (Lipinski definition) is 8. The van der Waals surface area contributed by atoms with E-state index in [1.54, 1.807) is 45.1 Å². The molecular formula is C31H43FN6O5. The Kier molecular flexibility index (Phi) is 8.65. The number of hydrogen-bond donors (Lipinski definition) is 3. The number of aliphatic hydroxyl groups is 1. The van der Waals surface area contributed by atoms with Gasteiger partial charge in [-0.2, -0.15) is 0 Å². The molecule has 11 nitrogen and oxygen atoms in total. The molecule has 0 radical (unpaired) electrons. The largest absolute Gasteiger partial charge is 0.501 e. The van der Waals surface area contributed by atoms with Crippen molar-refractivity contribution in [2.45, 2.75) is 76.7 Å². The molecule has 6 rings (SSSR count). The molecular weight excluding hydrogens is 555 g/mol. The van der Waals surface area contributed by atoms with Crippen LogP contribution in [0.2, 0.25) is 0 Å². The predicted octanol–water partition coefficient (Wildman–Crippen LogP) is 1.92. The number of amides is 2. The van der Waals surface area contributed by atoms with Crippen LogP contribution in [0.5, 0.6) is 5.75 Å². The van der Waals surface area contributed by atoms with Gasteiger partial charge in [0.2, 0.25) is 5.75 Å². The third-order valence-corrected chi connectivity index (χ3v) is 9.79. The molecule has 1 unspecified atom stereocenters. The van der Waals surface area contributed by atoms with E-state index in [1.807, 2.05) is 0 Å². The normalized spacial score (nSPS) is 24.3. The molecule has 1 saturated carbocycles. The van der Waals surface area contributed by atoms with Crippen LogP contribution in [0.15, 0.2) is 23.0 Å². The fourth-order valence-electron chi connectivity index (χ4n) is 7.14. The summed E-state index contributed by atoms with van der Waals surface area (Å²) in [4.78, 5) is 50.1. The van der Waals surface area contributed by atoms with Crippen LogP contribution in [-0.2, 0) is 23.4 Å². The van der Waals surface area contributed by atoms with E-state index in [2.05, 4.69) is 15.2 Å². The minimum atomic E-state index is -1.50. The first kappa shape index (κ1) is 31.1. The van der Waals surface area contributed by atoms with Crippen LogP contribution in [0.3, 0.4) is 0 Å². The number of aromatic nitrogens is 2. The Balaban J connectivity index is 1.55. The van der Waals surface area contributed by atoms with Crippen molar-refractivity contribution in [2.24, 2.45) is 5.41 Å². The highest BCUT2D eigenvalue weighted by atomic mass is 19.1. The summed E-state index contributed by atoms with van der Waals surface area (Å²) < 4.78 is 15.2. The number of likely N-dealkylation sites (N-methyl/N-ethyl adjacent to an activating group) is 2. The van der Waals surface area contributed by atoms with Crippen molar-refractivity contribution in [2.75, 3.05) is 40.8 Å². The number of piperidine rings is 1. The molecule has 2 fully saturated rings. The van der Waals surface area contributed by atoms with E-state index in [-0.39, 0.29) is 23.6 Å². The topological polar surface area (TPSA) is 131 Å². The lowest BCUT2D eigenvalue weighted by atomic mass is 9.67. The van der Waals surface area contributed by atoms with Crippen LogP contribution in [0.25, 0.3) is 0 Å². The van der Waals surface area contributed by atoms with Crippen LogP contribution in [0.4, 0.5) is 4.39 Å². The molecule has 12 heteroatoms. The van der Waals surface area contributed by atoms with Gasteiger partial charge < -0.3 is 25.3 Å². The summed E-state index contributed by atoms with van der Waals surface area (Å²) in [7, 11) is 4.78.